The number of benzene rings is 1. The molecule has 1 fully saturated rings. The molecule has 2 aromatic heterocycles. The molecule has 1 aliphatic heterocycles. The van der Waals surface area contributed by atoms with E-state index < -0.39 is 23.6 Å². The third kappa shape index (κ3) is 4.34. The van der Waals surface area contributed by atoms with Crippen LogP contribution in [0.5, 0.6) is 0 Å². The second kappa shape index (κ2) is 7.74. The molecule has 0 aliphatic carbocycles. The monoisotopic (exact) mass is 460 g/mol. The molecule has 164 valence electrons. The van der Waals surface area contributed by atoms with Crippen LogP contribution in [0.2, 0.25) is 5.02 Å². The Bertz CT molecular complexity index is 1110. The van der Waals surface area contributed by atoms with Gasteiger partial charge in [-0.1, -0.05) is 29.8 Å². The number of hydrogen-bond donors (Lipinski definition) is 0. The van der Waals surface area contributed by atoms with Gasteiger partial charge in [0.2, 0.25) is 0 Å². The van der Waals surface area contributed by atoms with Crippen LogP contribution in [0.4, 0.5) is 37.8 Å². The minimum Gasteiger partial charge on any atom is -0.367 e. The highest BCUT2D eigenvalue weighted by Crippen LogP contribution is 2.38. The van der Waals surface area contributed by atoms with Gasteiger partial charge in [-0.25, -0.2) is 9.97 Å². The Labute approximate surface area is 178 Å². The van der Waals surface area contributed by atoms with Crippen LogP contribution in [-0.2, 0) is 12.4 Å². The fourth-order valence-electron chi connectivity index (χ4n) is 3.62. The number of fused-ring (bicyclic) bond motifs is 1. The summed E-state index contributed by atoms with van der Waals surface area (Å²) in [6, 6.07) is 8.28. The van der Waals surface area contributed by atoms with Crippen LogP contribution in [0, 0.1) is 0 Å². The molecule has 1 aliphatic rings. The van der Waals surface area contributed by atoms with Gasteiger partial charge >= 0.3 is 12.4 Å². The largest absolute Gasteiger partial charge is 0.433 e. The van der Waals surface area contributed by atoms with E-state index in [9.17, 15) is 26.3 Å². The Hall–Kier alpha value is -2.75. The van der Waals surface area contributed by atoms with E-state index in [1.165, 1.54) is 11.0 Å². The molecule has 0 bridgehead atoms. The summed E-state index contributed by atoms with van der Waals surface area (Å²) < 4.78 is 80.2. The molecule has 3 heterocycles. The van der Waals surface area contributed by atoms with Gasteiger partial charge in [0.05, 0.1) is 16.1 Å². The molecule has 4 nitrogen and oxygen atoms in total. The average Bonchev–Trinajstić information content (AvgIpc) is 2.72. The number of halogens is 7. The first-order valence-corrected chi connectivity index (χ1v) is 9.61. The van der Waals surface area contributed by atoms with E-state index in [1.54, 1.807) is 23.1 Å². The van der Waals surface area contributed by atoms with Crippen molar-refractivity contribution in [3.8, 4) is 0 Å². The zero-order valence-electron chi connectivity index (χ0n) is 15.8. The molecule has 3 aromatic rings. The molecule has 0 spiro atoms. The zero-order valence-corrected chi connectivity index (χ0v) is 16.6. The lowest BCUT2D eigenvalue weighted by Gasteiger charge is -2.38. The minimum atomic E-state index is -4.63. The van der Waals surface area contributed by atoms with Crippen LogP contribution in [-0.4, -0.2) is 36.1 Å². The fraction of sp³-hybridized carbons (Fsp3) is 0.300. The van der Waals surface area contributed by atoms with E-state index >= 15 is 0 Å². The summed E-state index contributed by atoms with van der Waals surface area (Å²) in [7, 11) is 0. The minimum absolute atomic E-state index is 0.127. The van der Waals surface area contributed by atoms with E-state index in [-0.39, 0.29) is 42.5 Å². The molecule has 4 rings (SSSR count). The first kappa shape index (κ1) is 21.5. The molecule has 0 unspecified atom stereocenters. The lowest BCUT2D eigenvalue weighted by Crippen LogP contribution is -2.47. The SMILES string of the molecule is FC(F)(F)c1cc(N2CCN(c3ncc(Cl)cc3C(F)(F)F)CC2)c2ccccc2n1. The van der Waals surface area contributed by atoms with Crippen LogP contribution in [0.1, 0.15) is 11.3 Å². The van der Waals surface area contributed by atoms with E-state index in [0.717, 1.165) is 18.3 Å². The fourth-order valence-corrected chi connectivity index (χ4v) is 3.77. The molecule has 0 atom stereocenters. The highest BCUT2D eigenvalue weighted by Gasteiger charge is 2.37. The third-order valence-electron chi connectivity index (χ3n) is 5.04. The van der Waals surface area contributed by atoms with Crippen LogP contribution < -0.4 is 9.80 Å². The van der Waals surface area contributed by atoms with Crippen molar-refractivity contribution >= 4 is 34.0 Å². The normalized spacial score (nSPS) is 15.6. The maximum atomic E-state index is 13.4. The highest BCUT2D eigenvalue weighted by atomic mass is 35.5. The number of anilines is 2. The van der Waals surface area contributed by atoms with Gasteiger partial charge in [-0.3, -0.25) is 0 Å². The maximum absolute atomic E-state index is 13.4. The summed E-state index contributed by atoms with van der Waals surface area (Å²) in [6.07, 6.45) is -8.10. The van der Waals surface area contributed by atoms with Crippen molar-refractivity contribution in [1.29, 1.82) is 0 Å². The molecule has 1 aromatic carbocycles. The summed E-state index contributed by atoms with van der Waals surface area (Å²) in [4.78, 5) is 10.7. The van der Waals surface area contributed by atoms with Crippen molar-refractivity contribution in [2.24, 2.45) is 0 Å². The van der Waals surface area contributed by atoms with Gasteiger partial charge in [0.15, 0.2) is 0 Å². The van der Waals surface area contributed by atoms with Gasteiger partial charge in [-0.2, -0.15) is 26.3 Å². The van der Waals surface area contributed by atoms with E-state index in [4.69, 9.17) is 11.6 Å². The predicted octanol–water partition coefficient (Wildman–Crippen LogP) is 5.65. The lowest BCUT2D eigenvalue weighted by atomic mass is 10.1. The number of nitrogens with zero attached hydrogens (tertiary/aromatic N) is 4. The lowest BCUT2D eigenvalue weighted by molar-refractivity contribution is -0.141. The number of alkyl halides is 6. The Kier molecular flexibility index (Phi) is 5.36. The smallest absolute Gasteiger partial charge is 0.367 e. The average molecular weight is 461 g/mol. The quantitative estimate of drug-likeness (QED) is 0.463. The molecule has 1 saturated heterocycles. The van der Waals surface area contributed by atoms with Crippen LogP contribution in [0.25, 0.3) is 10.9 Å². The maximum Gasteiger partial charge on any atom is 0.433 e. The summed E-state index contributed by atoms with van der Waals surface area (Å²) in [5.41, 5.74) is -1.41. The Balaban J connectivity index is 1.64. The first-order valence-electron chi connectivity index (χ1n) is 9.23. The molecule has 0 saturated carbocycles. The molecule has 0 amide bonds. The Morgan fingerprint density at radius 3 is 2.13 bits per heavy atom. The van der Waals surface area contributed by atoms with Crippen LogP contribution in [0.3, 0.4) is 0 Å². The number of hydrogen-bond acceptors (Lipinski definition) is 4. The van der Waals surface area contributed by atoms with Gasteiger partial charge in [-0.05, 0) is 18.2 Å². The van der Waals surface area contributed by atoms with Crippen molar-refractivity contribution in [2.45, 2.75) is 12.4 Å². The second-order valence-electron chi connectivity index (χ2n) is 7.04. The van der Waals surface area contributed by atoms with Gasteiger partial charge in [0, 0.05) is 43.4 Å². The molecule has 11 heteroatoms. The summed E-state index contributed by atoms with van der Waals surface area (Å²) in [6.45, 7) is 0.727. The number of piperazine rings is 1. The number of para-hydroxylation sites is 1. The van der Waals surface area contributed by atoms with Gasteiger partial charge < -0.3 is 9.80 Å². The standard InChI is InChI=1S/C20H15ClF6N4/c21-12-9-14(19(22,23)24)18(28-11-12)31-7-5-30(6-8-31)16-10-17(20(25,26)27)29-15-4-2-1-3-13(15)16/h1-4,9-11H,5-8H2. The molecular formula is C20H15ClF6N4. The third-order valence-corrected chi connectivity index (χ3v) is 5.25. The van der Waals surface area contributed by atoms with E-state index in [1.807, 2.05) is 0 Å². The molecule has 0 radical (unpaired) electrons. The second-order valence-corrected chi connectivity index (χ2v) is 7.47. The topological polar surface area (TPSA) is 32.3 Å². The Morgan fingerprint density at radius 1 is 0.839 bits per heavy atom. The molecular weight excluding hydrogens is 446 g/mol. The van der Waals surface area contributed by atoms with Crippen molar-refractivity contribution in [1.82, 2.24) is 9.97 Å². The number of aromatic nitrogens is 2. The summed E-state index contributed by atoms with van der Waals surface area (Å²) in [5, 5.41) is 0.419. The number of pyridine rings is 2. The highest BCUT2D eigenvalue weighted by molar-refractivity contribution is 6.30. The van der Waals surface area contributed by atoms with E-state index in [0.29, 0.717) is 11.1 Å². The van der Waals surface area contributed by atoms with Crippen LogP contribution in [0.15, 0.2) is 42.6 Å². The van der Waals surface area contributed by atoms with Crippen molar-refractivity contribution < 1.29 is 26.3 Å². The van der Waals surface area contributed by atoms with Crippen molar-refractivity contribution in [2.75, 3.05) is 36.0 Å². The Morgan fingerprint density at radius 2 is 1.48 bits per heavy atom. The predicted molar refractivity (Wildman–Crippen MR) is 105 cm³/mol. The van der Waals surface area contributed by atoms with Gasteiger partial charge in [0.25, 0.3) is 0 Å². The van der Waals surface area contributed by atoms with E-state index in [2.05, 4.69) is 9.97 Å². The summed E-state index contributed by atoms with van der Waals surface area (Å²) in [5.74, 6) is -0.243. The molecule has 31 heavy (non-hydrogen) atoms. The zero-order chi connectivity index (χ0) is 22.4. The van der Waals surface area contributed by atoms with Gasteiger partial charge in [0.1, 0.15) is 11.5 Å². The van der Waals surface area contributed by atoms with Gasteiger partial charge in [-0.15, -0.1) is 0 Å². The molecule has 0 N–H and O–H groups in total. The van der Waals surface area contributed by atoms with Crippen molar-refractivity contribution in [3.63, 3.8) is 0 Å². The van der Waals surface area contributed by atoms with Crippen molar-refractivity contribution in [3.05, 3.63) is 58.9 Å². The number of rotatable bonds is 2. The first-order chi connectivity index (χ1) is 14.5. The summed E-state index contributed by atoms with van der Waals surface area (Å²) >= 11 is 5.69. The van der Waals surface area contributed by atoms with Crippen LogP contribution >= 0.6 is 11.6 Å².